The van der Waals surface area contributed by atoms with Gasteiger partial charge in [0.15, 0.2) is 0 Å². The summed E-state index contributed by atoms with van der Waals surface area (Å²) in [5.41, 5.74) is 6.52. The molecule has 0 radical (unpaired) electrons. The van der Waals surface area contributed by atoms with Gasteiger partial charge in [0.2, 0.25) is 0 Å². The second-order valence-corrected chi connectivity index (χ2v) is 5.50. The summed E-state index contributed by atoms with van der Waals surface area (Å²) in [6.45, 7) is 7.37. The minimum absolute atomic E-state index is 0. The molecule has 0 saturated heterocycles. The van der Waals surface area contributed by atoms with Gasteiger partial charge in [-0.25, -0.2) is 0 Å². The zero-order valence-corrected chi connectivity index (χ0v) is 14.1. The van der Waals surface area contributed by atoms with Gasteiger partial charge in [-0.3, -0.25) is 4.79 Å². The molecular formula is C13H23BrClN3O. The van der Waals surface area contributed by atoms with E-state index in [9.17, 15) is 4.79 Å². The Hall–Kier alpha value is -0.520. The second-order valence-electron chi connectivity index (χ2n) is 4.58. The Balaban J connectivity index is 0.00000324. The largest absolute Gasteiger partial charge is 0.349 e. The number of aromatic nitrogens is 1. The summed E-state index contributed by atoms with van der Waals surface area (Å²) in [4.78, 5) is 12.1. The van der Waals surface area contributed by atoms with Gasteiger partial charge < -0.3 is 15.6 Å². The number of halogens is 2. The SMILES string of the molecule is CCn1cc(Br)cc1C(=O)NCC(N)(CC)CC.Cl. The first-order valence-electron chi connectivity index (χ1n) is 6.38. The highest BCUT2D eigenvalue weighted by molar-refractivity contribution is 9.10. The number of carbonyl (C=O) groups is 1. The Bertz CT molecular complexity index is 416. The Morgan fingerprint density at radius 2 is 2.00 bits per heavy atom. The Morgan fingerprint density at radius 1 is 1.42 bits per heavy atom. The predicted molar refractivity (Wildman–Crippen MR) is 84.9 cm³/mol. The maximum absolute atomic E-state index is 12.1. The first-order chi connectivity index (χ1) is 8.45. The number of hydrogen-bond acceptors (Lipinski definition) is 2. The number of nitrogens with zero attached hydrogens (tertiary/aromatic N) is 1. The highest BCUT2D eigenvalue weighted by Gasteiger charge is 2.22. The van der Waals surface area contributed by atoms with E-state index in [0.29, 0.717) is 12.2 Å². The molecule has 0 unspecified atom stereocenters. The average Bonchev–Trinajstić information content (AvgIpc) is 2.76. The number of amides is 1. The number of hydrogen-bond donors (Lipinski definition) is 2. The minimum Gasteiger partial charge on any atom is -0.349 e. The van der Waals surface area contributed by atoms with Crippen molar-refractivity contribution in [3.63, 3.8) is 0 Å². The summed E-state index contributed by atoms with van der Waals surface area (Å²) in [7, 11) is 0. The van der Waals surface area contributed by atoms with Crippen LogP contribution in [0.1, 0.15) is 44.1 Å². The van der Waals surface area contributed by atoms with E-state index >= 15 is 0 Å². The summed E-state index contributed by atoms with van der Waals surface area (Å²) >= 11 is 3.38. The molecule has 1 rings (SSSR count). The van der Waals surface area contributed by atoms with Crippen molar-refractivity contribution in [1.29, 1.82) is 0 Å². The van der Waals surface area contributed by atoms with Gasteiger partial charge in [-0.1, -0.05) is 13.8 Å². The fraction of sp³-hybridized carbons (Fsp3) is 0.615. The lowest BCUT2D eigenvalue weighted by Gasteiger charge is -2.26. The van der Waals surface area contributed by atoms with Gasteiger partial charge in [0.05, 0.1) is 0 Å². The Morgan fingerprint density at radius 3 is 2.47 bits per heavy atom. The van der Waals surface area contributed by atoms with E-state index in [1.807, 2.05) is 37.6 Å². The van der Waals surface area contributed by atoms with Crippen molar-refractivity contribution >= 4 is 34.2 Å². The maximum Gasteiger partial charge on any atom is 0.268 e. The molecule has 0 aromatic carbocycles. The van der Waals surface area contributed by atoms with Crippen molar-refractivity contribution in [2.45, 2.75) is 45.7 Å². The fourth-order valence-electron chi connectivity index (χ4n) is 1.77. The van der Waals surface area contributed by atoms with E-state index < -0.39 is 0 Å². The molecular weight excluding hydrogens is 330 g/mol. The quantitative estimate of drug-likeness (QED) is 0.827. The number of nitrogens with two attached hydrogens (primary N) is 1. The van der Waals surface area contributed by atoms with Gasteiger partial charge in [0, 0.05) is 29.3 Å². The summed E-state index contributed by atoms with van der Waals surface area (Å²) in [5, 5.41) is 2.92. The van der Waals surface area contributed by atoms with Crippen LogP contribution in [-0.4, -0.2) is 22.6 Å². The minimum atomic E-state index is -0.309. The Labute approximate surface area is 129 Å². The van der Waals surface area contributed by atoms with Crippen LogP contribution in [0, 0.1) is 0 Å². The van der Waals surface area contributed by atoms with Crippen molar-refractivity contribution in [1.82, 2.24) is 9.88 Å². The smallest absolute Gasteiger partial charge is 0.268 e. The molecule has 0 aliphatic carbocycles. The van der Waals surface area contributed by atoms with Crippen LogP contribution in [0.15, 0.2) is 16.7 Å². The highest BCUT2D eigenvalue weighted by Crippen LogP contribution is 2.15. The number of aryl methyl sites for hydroxylation is 1. The van der Waals surface area contributed by atoms with Crippen LogP contribution in [0.25, 0.3) is 0 Å². The topological polar surface area (TPSA) is 60.0 Å². The van der Waals surface area contributed by atoms with E-state index in [-0.39, 0.29) is 23.9 Å². The number of rotatable bonds is 6. The van der Waals surface area contributed by atoms with Crippen LogP contribution < -0.4 is 11.1 Å². The first kappa shape index (κ1) is 18.5. The van der Waals surface area contributed by atoms with Crippen LogP contribution in [0.3, 0.4) is 0 Å². The van der Waals surface area contributed by atoms with Crippen molar-refractivity contribution in [3.8, 4) is 0 Å². The molecule has 0 aliphatic rings. The third-order valence-electron chi connectivity index (χ3n) is 3.45. The van der Waals surface area contributed by atoms with Crippen LogP contribution in [-0.2, 0) is 6.54 Å². The molecule has 4 nitrogen and oxygen atoms in total. The van der Waals surface area contributed by atoms with Crippen LogP contribution in [0.4, 0.5) is 0 Å². The van der Waals surface area contributed by atoms with Crippen molar-refractivity contribution in [2.75, 3.05) is 6.54 Å². The molecule has 0 spiro atoms. The van der Waals surface area contributed by atoms with Gasteiger partial charge in [-0.15, -0.1) is 12.4 Å². The molecule has 19 heavy (non-hydrogen) atoms. The second kappa shape index (κ2) is 7.92. The standard InChI is InChI=1S/C13H22BrN3O.ClH/c1-4-13(15,5-2)9-16-12(18)11-7-10(14)8-17(11)6-3;/h7-8H,4-6,9,15H2,1-3H3,(H,16,18);1H. The lowest BCUT2D eigenvalue weighted by molar-refractivity contribution is 0.0933. The first-order valence-corrected chi connectivity index (χ1v) is 7.17. The maximum atomic E-state index is 12.1. The summed E-state index contributed by atoms with van der Waals surface area (Å²) in [6, 6.07) is 1.83. The molecule has 0 saturated carbocycles. The molecule has 1 aromatic heterocycles. The lowest BCUT2D eigenvalue weighted by atomic mass is 9.94. The summed E-state index contributed by atoms with van der Waals surface area (Å²) in [5.74, 6) is -0.0701. The molecule has 1 amide bonds. The molecule has 1 aromatic rings. The van der Waals surface area contributed by atoms with Gasteiger partial charge >= 0.3 is 0 Å². The number of nitrogens with one attached hydrogen (secondary N) is 1. The van der Waals surface area contributed by atoms with Gasteiger partial charge in [-0.05, 0) is 41.8 Å². The molecule has 110 valence electrons. The van der Waals surface area contributed by atoms with Crippen LogP contribution in [0.5, 0.6) is 0 Å². The molecule has 6 heteroatoms. The van der Waals surface area contributed by atoms with E-state index in [1.165, 1.54) is 0 Å². The predicted octanol–water partition coefficient (Wildman–Crippen LogP) is 2.94. The van der Waals surface area contributed by atoms with E-state index in [1.54, 1.807) is 0 Å². The zero-order valence-electron chi connectivity index (χ0n) is 11.7. The van der Waals surface area contributed by atoms with Crippen molar-refractivity contribution in [2.24, 2.45) is 5.73 Å². The van der Waals surface area contributed by atoms with Gasteiger partial charge in [-0.2, -0.15) is 0 Å². The average molecular weight is 353 g/mol. The van der Waals surface area contributed by atoms with Crippen LogP contribution >= 0.6 is 28.3 Å². The fourth-order valence-corrected chi connectivity index (χ4v) is 2.24. The van der Waals surface area contributed by atoms with Crippen molar-refractivity contribution in [3.05, 3.63) is 22.4 Å². The van der Waals surface area contributed by atoms with Gasteiger partial charge in [0.1, 0.15) is 5.69 Å². The van der Waals surface area contributed by atoms with Gasteiger partial charge in [0.25, 0.3) is 5.91 Å². The third-order valence-corrected chi connectivity index (χ3v) is 3.88. The van der Waals surface area contributed by atoms with E-state index in [4.69, 9.17) is 5.73 Å². The zero-order chi connectivity index (χ0) is 13.8. The van der Waals surface area contributed by atoms with E-state index in [2.05, 4.69) is 21.2 Å². The molecule has 1 heterocycles. The molecule has 0 bridgehead atoms. The molecule has 0 aliphatic heterocycles. The van der Waals surface area contributed by atoms with E-state index in [0.717, 1.165) is 23.9 Å². The third kappa shape index (κ3) is 4.82. The number of carbonyl (C=O) groups excluding carboxylic acids is 1. The van der Waals surface area contributed by atoms with Crippen molar-refractivity contribution < 1.29 is 4.79 Å². The normalized spacial score (nSPS) is 11.0. The van der Waals surface area contributed by atoms with Crippen LogP contribution in [0.2, 0.25) is 0 Å². The summed E-state index contributed by atoms with van der Waals surface area (Å²) in [6.07, 6.45) is 3.61. The molecule has 0 atom stereocenters. The monoisotopic (exact) mass is 351 g/mol. The molecule has 0 fully saturated rings. The lowest BCUT2D eigenvalue weighted by Crippen LogP contribution is -2.49. The Kier molecular flexibility index (Phi) is 7.71. The molecule has 3 N–H and O–H groups in total. The summed E-state index contributed by atoms with van der Waals surface area (Å²) < 4.78 is 2.83. The highest BCUT2D eigenvalue weighted by atomic mass is 79.9.